The highest BCUT2D eigenvalue weighted by Crippen LogP contribution is 2.29. The molecule has 1 saturated heterocycles. The molecule has 0 amide bonds. The molecule has 0 spiro atoms. The molecule has 4 nitrogen and oxygen atoms in total. The van der Waals surface area contributed by atoms with Gasteiger partial charge in [0.2, 0.25) is 0 Å². The lowest BCUT2D eigenvalue weighted by Crippen LogP contribution is -2.55. The molecule has 0 bridgehead atoms. The summed E-state index contributed by atoms with van der Waals surface area (Å²) in [6, 6.07) is 0.754. The second kappa shape index (κ2) is 6.72. The summed E-state index contributed by atoms with van der Waals surface area (Å²) >= 11 is 0. The summed E-state index contributed by atoms with van der Waals surface area (Å²) in [4.78, 5) is 7.18. The van der Waals surface area contributed by atoms with E-state index in [1.54, 1.807) is 0 Å². The third-order valence-electron chi connectivity index (χ3n) is 5.14. The van der Waals surface area contributed by atoms with Crippen LogP contribution in [0, 0.1) is 5.92 Å². The summed E-state index contributed by atoms with van der Waals surface area (Å²) in [7, 11) is 2.10. The maximum atomic E-state index is 4.46. The normalized spacial score (nSPS) is 25.9. The molecule has 1 aliphatic carbocycles. The Bertz CT molecular complexity index is 408. The molecular weight excluding hydrogens is 248 g/mol. The fourth-order valence-corrected chi connectivity index (χ4v) is 3.91. The Hall–Kier alpha value is -0.870. The summed E-state index contributed by atoms with van der Waals surface area (Å²) in [5.74, 6) is 2.13. The Morgan fingerprint density at radius 3 is 2.90 bits per heavy atom. The van der Waals surface area contributed by atoms with E-state index in [9.17, 15) is 0 Å². The number of aryl methyl sites for hydroxylation is 1. The quantitative estimate of drug-likeness (QED) is 0.910. The minimum Gasteiger partial charge on any atom is -0.338 e. The van der Waals surface area contributed by atoms with Crippen molar-refractivity contribution in [2.75, 3.05) is 26.2 Å². The van der Waals surface area contributed by atoms with Crippen LogP contribution < -0.4 is 5.32 Å². The molecule has 0 aromatic carbocycles. The van der Waals surface area contributed by atoms with Gasteiger partial charge in [-0.25, -0.2) is 4.98 Å². The number of hydrogen-bond acceptors (Lipinski definition) is 3. The minimum atomic E-state index is 0.754. The van der Waals surface area contributed by atoms with Crippen LogP contribution >= 0.6 is 0 Å². The molecular formula is C16H28N4. The van der Waals surface area contributed by atoms with Gasteiger partial charge in [-0.3, -0.25) is 4.90 Å². The van der Waals surface area contributed by atoms with E-state index in [1.807, 2.05) is 12.4 Å². The predicted octanol–water partition coefficient (Wildman–Crippen LogP) is 1.82. The Kier molecular flexibility index (Phi) is 4.73. The molecule has 2 fully saturated rings. The average Bonchev–Trinajstić information content (AvgIpc) is 2.92. The smallest absolute Gasteiger partial charge is 0.109 e. The van der Waals surface area contributed by atoms with Gasteiger partial charge in [0.1, 0.15) is 5.82 Å². The SMILES string of the molecule is Cn1ccnc1CCN1CCNCC1C1CCCCC1. The highest BCUT2D eigenvalue weighted by molar-refractivity contribution is 4.94. The molecule has 4 heteroatoms. The molecule has 2 heterocycles. The fourth-order valence-electron chi connectivity index (χ4n) is 3.91. The maximum absolute atomic E-state index is 4.46. The molecule has 3 rings (SSSR count). The second-order valence-corrected chi connectivity index (χ2v) is 6.41. The van der Waals surface area contributed by atoms with Crippen LogP contribution in [0.25, 0.3) is 0 Å². The molecule has 20 heavy (non-hydrogen) atoms. The largest absolute Gasteiger partial charge is 0.338 e. The Balaban J connectivity index is 1.58. The molecule has 1 aromatic heterocycles. The van der Waals surface area contributed by atoms with Crippen molar-refractivity contribution < 1.29 is 0 Å². The van der Waals surface area contributed by atoms with Crippen molar-refractivity contribution in [3.05, 3.63) is 18.2 Å². The third kappa shape index (κ3) is 3.23. The van der Waals surface area contributed by atoms with Crippen LogP contribution in [0.3, 0.4) is 0 Å². The van der Waals surface area contributed by atoms with Gasteiger partial charge in [0, 0.05) is 58.1 Å². The van der Waals surface area contributed by atoms with Crippen LogP contribution in [-0.4, -0.2) is 46.7 Å². The number of nitrogens with zero attached hydrogens (tertiary/aromatic N) is 3. The van der Waals surface area contributed by atoms with E-state index in [0.717, 1.165) is 31.5 Å². The zero-order valence-electron chi connectivity index (χ0n) is 12.7. The van der Waals surface area contributed by atoms with Crippen LogP contribution in [-0.2, 0) is 13.5 Å². The van der Waals surface area contributed by atoms with E-state index >= 15 is 0 Å². The molecule has 2 aliphatic rings. The van der Waals surface area contributed by atoms with Crippen molar-refractivity contribution in [2.45, 2.75) is 44.6 Å². The first-order valence-electron chi connectivity index (χ1n) is 8.25. The van der Waals surface area contributed by atoms with Gasteiger partial charge in [0.05, 0.1) is 0 Å². The number of piperazine rings is 1. The third-order valence-corrected chi connectivity index (χ3v) is 5.14. The van der Waals surface area contributed by atoms with Crippen molar-refractivity contribution in [3.63, 3.8) is 0 Å². The maximum Gasteiger partial charge on any atom is 0.109 e. The summed E-state index contributed by atoms with van der Waals surface area (Å²) in [6.45, 7) is 4.69. The van der Waals surface area contributed by atoms with Gasteiger partial charge >= 0.3 is 0 Å². The van der Waals surface area contributed by atoms with E-state index in [-0.39, 0.29) is 0 Å². The van der Waals surface area contributed by atoms with Crippen LogP contribution in [0.2, 0.25) is 0 Å². The highest BCUT2D eigenvalue weighted by atomic mass is 15.2. The van der Waals surface area contributed by atoms with E-state index < -0.39 is 0 Å². The molecule has 1 atom stereocenters. The number of aromatic nitrogens is 2. The van der Waals surface area contributed by atoms with Gasteiger partial charge in [-0.2, -0.15) is 0 Å². The van der Waals surface area contributed by atoms with Crippen LogP contribution in [0.4, 0.5) is 0 Å². The first-order chi connectivity index (χ1) is 9.84. The number of hydrogen-bond donors (Lipinski definition) is 1. The Morgan fingerprint density at radius 1 is 1.30 bits per heavy atom. The summed E-state index contributed by atoms with van der Waals surface area (Å²) < 4.78 is 2.15. The van der Waals surface area contributed by atoms with Crippen LogP contribution in [0.5, 0.6) is 0 Å². The minimum absolute atomic E-state index is 0.754. The van der Waals surface area contributed by atoms with Gasteiger partial charge in [0.15, 0.2) is 0 Å². The Morgan fingerprint density at radius 2 is 2.15 bits per heavy atom. The van der Waals surface area contributed by atoms with Crippen molar-refractivity contribution in [1.82, 2.24) is 19.8 Å². The van der Waals surface area contributed by atoms with Crippen molar-refractivity contribution in [3.8, 4) is 0 Å². The lowest BCUT2D eigenvalue weighted by Gasteiger charge is -2.42. The first-order valence-corrected chi connectivity index (χ1v) is 8.25. The number of rotatable bonds is 4. The number of nitrogens with one attached hydrogen (secondary N) is 1. The van der Waals surface area contributed by atoms with Gasteiger partial charge < -0.3 is 9.88 Å². The topological polar surface area (TPSA) is 33.1 Å². The van der Waals surface area contributed by atoms with Gasteiger partial charge in [0.25, 0.3) is 0 Å². The molecule has 1 unspecified atom stereocenters. The monoisotopic (exact) mass is 276 g/mol. The van der Waals surface area contributed by atoms with Gasteiger partial charge in [-0.15, -0.1) is 0 Å². The Labute approximate surface area is 122 Å². The molecule has 1 saturated carbocycles. The molecule has 0 radical (unpaired) electrons. The summed E-state index contributed by atoms with van der Waals surface area (Å²) in [5.41, 5.74) is 0. The second-order valence-electron chi connectivity index (χ2n) is 6.41. The molecule has 1 N–H and O–H groups in total. The van der Waals surface area contributed by atoms with Gasteiger partial charge in [-0.1, -0.05) is 19.3 Å². The van der Waals surface area contributed by atoms with E-state index in [1.165, 1.54) is 51.0 Å². The average molecular weight is 276 g/mol. The predicted molar refractivity (Wildman–Crippen MR) is 81.7 cm³/mol. The standard InChI is InChI=1S/C16H28N4/c1-19-11-9-18-16(19)7-10-20-12-8-17-13-15(20)14-5-3-2-4-6-14/h9,11,14-15,17H,2-8,10,12-13H2,1H3. The first kappa shape index (κ1) is 14.1. The van der Waals surface area contributed by atoms with Crippen molar-refractivity contribution in [2.24, 2.45) is 13.0 Å². The lowest BCUT2D eigenvalue weighted by atomic mass is 9.82. The molecule has 112 valence electrons. The summed E-state index contributed by atoms with van der Waals surface area (Å²) in [5, 5.41) is 3.60. The highest BCUT2D eigenvalue weighted by Gasteiger charge is 2.30. The van der Waals surface area contributed by atoms with Crippen molar-refractivity contribution >= 4 is 0 Å². The van der Waals surface area contributed by atoms with Crippen molar-refractivity contribution in [1.29, 1.82) is 0 Å². The zero-order chi connectivity index (χ0) is 13.8. The van der Waals surface area contributed by atoms with E-state index in [2.05, 4.69) is 26.8 Å². The van der Waals surface area contributed by atoms with E-state index in [4.69, 9.17) is 0 Å². The lowest BCUT2D eigenvalue weighted by molar-refractivity contribution is 0.0930. The van der Waals surface area contributed by atoms with E-state index in [0.29, 0.717) is 0 Å². The number of imidazole rings is 1. The van der Waals surface area contributed by atoms with Crippen LogP contribution in [0.15, 0.2) is 12.4 Å². The fraction of sp³-hybridized carbons (Fsp3) is 0.812. The van der Waals surface area contributed by atoms with Gasteiger partial charge in [-0.05, 0) is 18.8 Å². The summed E-state index contributed by atoms with van der Waals surface area (Å²) in [6.07, 6.45) is 12.2. The molecule has 1 aliphatic heterocycles. The van der Waals surface area contributed by atoms with Crippen LogP contribution in [0.1, 0.15) is 37.9 Å². The molecule has 1 aromatic rings. The zero-order valence-corrected chi connectivity index (χ0v) is 12.7.